The molecule has 1 aliphatic rings. The van der Waals surface area contributed by atoms with Crippen LogP contribution in [0.15, 0.2) is 36.7 Å². The largest absolute Gasteiger partial charge is 0.476 e. The Morgan fingerprint density at radius 2 is 1.58 bits per heavy atom. The van der Waals surface area contributed by atoms with Gasteiger partial charge in [-0.15, -0.1) is 0 Å². The molecule has 2 heterocycles. The Bertz CT molecular complexity index is 846. The maximum atomic E-state index is 12.6. The molecule has 1 N–H and O–H groups in total. The van der Waals surface area contributed by atoms with Crippen LogP contribution in [0.4, 0.5) is 0 Å². The lowest BCUT2D eigenvalue weighted by Crippen LogP contribution is -2.41. The zero-order valence-corrected chi connectivity index (χ0v) is 14.5. The molecule has 134 valence electrons. The maximum absolute atomic E-state index is 12.6. The summed E-state index contributed by atoms with van der Waals surface area (Å²) in [4.78, 5) is 45.4. The van der Waals surface area contributed by atoms with E-state index in [1.165, 1.54) is 17.3 Å². The van der Waals surface area contributed by atoms with Gasteiger partial charge in [-0.05, 0) is 37.1 Å². The first-order valence-electron chi connectivity index (χ1n) is 8.10. The van der Waals surface area contributed by atoms with E-state index < -0.39 is 11.9 Å². The summed E-state index contributed by atoms with van der Waals surface area (Å²) in [6.45, 7) is 0.719. The maximum Gasteiger partial charge on any atom is 0.356 e. The number of likely N-dealkylation sites (tertiary alicyclic amines) is 1. The Balaban J connectivity index is 1.67. The molecule has 1 aromatic carbocycles. The molecule has 8 heteroatoms. The van der Waals surface area contributed by atoms with Gasteiger partial charge in [-0.25, -0.2) is 14.8 Å². The quantitative estimate of drug-likeness (QED) is 0.826. The predicted octanol–water partition coefficient (Wildman–Crippen LogP) is 2.56. The van der Waals surface area contributed by atoms with Gasteiger partial charge >= 0.3 is 5.97 Å². The monoisotopic (exact) mass is 373 g/mol. The van der Waals surface area contributed by atoms with Gasteiger partial charge in [-0.2, -0.15) is 0 Å². The number of carbonyl (C=O) groups is 3. The van der Waals surface area contributed by atoms with E-state index in [1.54, 1.807) is 24.3 Å². The molecular weight excluding hydrogens is 358 g/mol. The second-order valence-corrected chi connectivity index (χ2v) is 6.43. The Hall–Kier alpha value is -2.80. The van der Waals surface area contributed by atoms with Crippen LogP contribution in [-0.2, 0) is 0 Å². The summed E-state index contributed by atoms with van der Waals surface area (Å²) in [5.41, 5.74) is 0.0561. The third-order valence-electron chi connectivity index (χ3n) is 4.39. The topological polar surface area (TPSA) is 100 Å². The lowest BCUT2D eigenvalue weighted by Gasteiger charge is -2.31. The number of carbonyl (C=O) groups excluding carboxylic acids is 2. The van der Waals surface area contributed by atoms with E-state index in [2.05, 4.69) is 9.97 Å². The van der Waals surface area contributed by atoms with Crippen molar-refractivity contribution in [2.45, 2.75) is 12.8 Å². The van der Waals surface area contributed by atoms with Crippen LogP contribution in [0.1, 0.15) is 44.2 Å². The van der Waals surface area contributed by atoms with Crippen molar-refractivity contribution in [1.82, 2.24) is 14.9 Å². The van der Waals surface area contributed by atoms with Crippen LogP contribution < -0.4 is 0 Å². The minimum absolute atomic E-state index is 0.0273. The van der Waals surface area contributed by atoms with E-state index in [0.29, 0.717) is 36.5 Å². The number of rotatable bonds is 4. The van der Waals surface area contributed by atoms with Gasteiger partial charge in [0.15, 0.2) is 17.2 Å². The number of benzene rings is 1. The number of hydrogen-bond donors (Lipinski definition) is 1. The first kappa shape index (κ1) is 18.0. The van der Waals surface area contributed by atoms with Crippen molar-refractivity contribution >= 4 is 29.3 Å². The lowest BCUT2D eigenvalue weighted by molar-refractivity contribution is 0.0623. The van der Waals surface area contributed by atoms with Gasteiger partial charge in [-0.3, -0.25) is 9.59 Å². The summed E-state index contributed by atoms with van der Waals surface area (Å²) in [5.74, 6) is -1.93. The number of amides is 1. The molecule has 2 aromatic rings. The summed E-state index contributed by atoms with van der Waals surface area (Å²) in [6, 6.07) is 6.74. The van der Waals surface area contributed by atoms with Gasteiger partial charge in [0.05, 0.1) is 0 Å². The molecular formula is C18H16ClN3O4. The van der Waals surface area contributed by atoms with Crippen LogP contribution in [0, 0.1) is 5.92 Å². The van der Waals surface area contributed by atoms with Gasteiger partial charge < -0.3 is 10.0 Å². The second kappa shape index (κ2) is 7.61. The molecule has 0 spiro atoms. The molecule has 1 fully saturated rings. The van der Waals surface area contributed by atoms with Gasteiger partial charge in [0.1, 0.15) is 0 Å². The lowest BCUT2D eigenvalue weighted by atomic mass is 9.89. The summed E-state index contributed by atoms with van der Waals surface area (Å²) >= 11 is 5.84. The summed E-state index contributed by atoms with van der Waals surface area (Å²) in [5, 5.41) is 9.72. The normalized spacial score (nSPS) is 14.9. The van der Waals surface area contributed by atoms with Crippen molar-refractivity contribution in [2.24, 2.45) is 5.92 Å². The number of carboxylic acids is 1. The molecule has 0 radical (unpaired) electrons. The SMILES string of the molecule is O=C(O)c1nccnc1C(=O)N1CCC(C(=O)c2ccc(Cl)cc2)CC1. The third-order valence-corrected chi connectivity index (χ3v) is 4.64. The van der Waals surface area contributed by atoms with Crippen molar-refractivity contribution in [3.63, 3.8) is 0 Å². The number of aromatic nitrogens is 2. The number of Topliss-reactive ketones (excluding diaryl/α,β-unsaturated/α-hetero) is 1. The Labute approximate surface area is 154 Å². The molecule has 0 bridgehead atoms. The predicted molar refractivity (Wildman–Crippen MR) is 93.4 cm³/mol. The van der Waals surface area contributed by atoms with Crippen LogP contribution in [0.2, 0.25) is 5.02 Å². The van der Waals surface area contributed by atoms with E-state index in [-0.39, 0.29) is 23.1 Å². The molecule has 7 nitrogen and oxygen atoms in total. The zero-order chi connectivity index (χ0) is 18.7. The van der Waals surface area contributed by atoms with Crippen molar-refractivity contribution < 1.29 is 19.5 Å². The summed E-state index contributed by atoms with van der Waals surface area (Å²) < 4.78 is 0. The molecule has 1 amide bonds. The zero-order valence-electron chi connectivity index (χ0n) is 13.8. The summed E-state index contributed by atoms with van der Waals surface area (Å²) in [7, 11) is 0. The first-order valence-corrected chi connectivity index (χ1v) is 8.48. The van der Waals surface area contributed by atoms with Gasteiger partial charge in [-0.1, -0.05) is 11.6 Å². The van der Waals surface area contributed by atoms with Crippen molar-refractivity contribution in [1.29, 1.82) is 0 Å². The van der Waals surface area contributed by atoms with Crippen LogP contribution in [-0.4, -0.2) is 50.7 Å². The number of nitrogens with zero attached hydrogens (tertiary/aromatic N) is 3. The van der Waals surface area contributed by atoms with Crippen molar-refractivity contribution in [3.8, 4) is 0 Å². The van der Waals surface area contributed by atoms with Crippen LogP contribution in [0.25, 0.3) is 0 Å². The van der Waals surface area contributed by atoms with Crippen LogP contribution in [0.3, 0.4) is 0 Å². The highest BCUT2D eigenvalue weighted by molar-refractivity contribution is 6.30. The van der Waals surface area contributed by atoms with Crippen LogP contribution in [0.5, 0.6) is 0 Å². The Kier molecular flexibility index (Phi) is 5.27. The standard InChI is InChI=1S/C18H16ClN3O4/c19-13-3-1-11(2-4-13)16(23)12-5-9-22(10-6-12)17(24)14-15(18(25)26)21-8-7-20-14/h1-4,7-8,12H,5-6,9-10H2,(H,25,26). The van der Waals surface area contributed by atoms with Crippen molar-refractivity contribution in [2.75, 3.05) is 13.1 Å². The Morgan fingerprint density at radius 3 is 2.15 bits per heavy atom. The molecule has 0 saturated carbocycles. The molecule has 1 aliphatic heterocycles. The fourth-order valence-electron chi connectivity index (χ4n) is 3.00. The minimum Gasteiger partial charge on any atom is -0.476 e. The highest BCUT2D eigenvalue weighted by atomic mass is 35.5. The molecule has 1 aromatic heterocycles. The van der Waals surface area contributed by atoms with Crippen molar-refractivity contribution in [3.05, 3.63) is 58.6 Å². The van der Waals surface area contributed by atoms with Crippen LogP contribution >= 0.6 is 11.6 Å². The molecule has 0 unspecified atom stereocenters. The highest BCUT2D eigenvalue weighted by Gasteiger charge is 2.31. The molecule has 0 atom stereocenters. The van der Waals surface area contributed by atoms with E-state index >= 15 is 0 Å². The number of hydrogen-bond acceptors (Lipinski definition) is 5. The Morgan fingerprint density at radius 1 is 1.00 bits per heavy atom. The smallest absolute Gasteiger partial charge is 0.356 e. The minimum atomic E-state index is -1.30. The fourth-order valence-corrected chi connectivity index (χ4v) is 3.12. The van der Waals surface area contributed by atoms with E-state index in [4.69, 9.17) is 16.7 Å². The number of ketones is 1. The van der Waals surface area contributed by atoms with E-state index in [0.717, 1.165) is 0 Å². The van der Waals surface area contributed by atoms with Gasteiger partial charge in [0.2, 0.25) is 0 Å². The highest BCUT2D eigenvalue weighted by Crippen LogP contribution is 2.24. The van der Waals surface area contributed by atoms with E-state index in [1.807, 2.05) is 0 Å². The van der Waals surface area contributed by atoms with Gasteiger partial charge in [0, 0.05) is 42.0 Å². The number of carboxylic acid groups (broad SMARTS) is 1. The second-order valence-electron chi connectivity index (χ2n) is 6.00. The summed E-state index contributed by atoms with van der Waals surface area (Å²) in [6.07, 6.45) is 3.54. The number of aromatic carboxylic acids is 1. The molecule has 1 saturated heterocycles. The molecule has 3 rings (SSSR count). The van der Waals surface area contributed by atoms with E-state index in [9.17, 15) is 14.4 Å². The number of halogens is 1. The first-order chi connectivity index (χ1) is 12.5. The number of piperidine rings is 1. The third kappa shape index (κ3) is 3.72. The molecule has 26 heavy (non-hydrogen) atoms. The molecule has 0 aliphatic carbocycles. The van der Waals surface area contributed by atoms with Gasteiger partial charge in [0.25, 0.3) is 5.91 Å². The average Bonchev–Trinajstić information content (AvgIpc) is 2.67. The average molecular weight is 374 g/mol. The fraction of sp³-hybridized carbons (Fsp3) is 0.278.